The fraction of sp³-hybridized carbons (Fsp3) is 0.500. The molecule has 1 heterocycles. The van der Waals surface area contributed by atoms with Crippen LogP contribution in [0.3, 0.4) is 0 Å². The number of imidazole rings is 1. The fourth-order valence-electron chi connectivity index (χ4n) is 0.935. The molecule has 0 saturated carbocycles. The highest BCUT2D eigenvalue weighted by atomic mass is 127. The van der Waals surface area contributed by atoms with Gasteiger partial charge in [-0.15, -0.1) is 0 Å². The summed E-state index contributed by atoms with van der Waals surface area (Å²) >= 11 is 2.29. The molecule has 1 aromatic rings. The van der Waals surface area contributed by atoms with Gasteiger partial charge in [-0.05, 0) is 6.42 Å². The maximum absolute atomic E-state index is 11.4. The number of carbonyl (C=O) groups is 1. The van der Waals surface area contributed by atoms with E-state index in [1.165, 1.54) is 0 Å². The van der Waals surface area contributed by atoms with Crippen molar-refractivity contribution in [2.24, 2.45) is 7.05 Å². The van der Waals surface area contributed by atoms with Crippen LogP contribution >= 0.6 is 22.6 Å². The van der Waals surface area contributed by atoms with Gasteiger partial charge in [-0.1, -0.05) is 22.6 Å². The van der Waals surface area contributed by atoms with E-state index in [-0.39, 0.29) is 5.91 Å². The first-order valence-electron chi connectivity index (χ1n) is 4.06. The van der Waals surface area contributed by atoms with E-state index in [4.69, 9.17) is 0 Å². The van der Waals surface area contributed by atoms with E-state index in [0.29, 0.717) is 5.69 Å². The summed E-state index contributed by atoms with van der Waals surface area (Å²) in [6, 6.07) is 0. The normalized spacial score (nSPS) is 10.0. The smallest absolute Gasteiger partial charge is 0.269 e. The van der Waals surface area contributed by atoms with E-state index in [2.05, 4.69) is 32.9 Å². The molecule has 0 aliphatic heterocycles. The van der Waals surface area contributed by atoms with Crippen molar-refractivity contribution in [2.45, 2.75) is 6.42 Å². The van der Waals surface area contributed by atoms with E-state index in [1.807, 2.05) is 0 Å². The SMILES string of the molecule is Cn1cncc1C(=O)NCCCI. The lowest BCUT2D eigenvalue weighted by Crippen LogP contribution is -2.26. The molecule has 5 heteroatoms. The Kier molecular flexibility index (Phi) is 4.20. The number of carbonyl (C=O) groups excluding carboxylic acids is 1. The lowest BCUT2D eigenvalue weighted by Gasteiger charge is -2.03. The molecule has 1 amide bonds. The van der Waals surface area contributed by atoms with Gasteiger partial charge < -0.3 is 9.88 Å². The van der Waals surface area contributed by atoms with E-state index in [1.54, 1.807) is 24.1 Å². The molecule has 0 aromatic carbocycles. The van der Waals surface area contributed by atoms with Crippen LogP contribution in [0.15, 0.2) is 12.5 Å². The van der Waals surface area contributed by atoms with Crippen LogP contribution in [0.4, 0.5) is 0 Å². The van der Waals surface area contributed by atoms with E-state index in [9.17, 15) is 4.79 Å². The maximum Gasteiger partial charge on any atom is 0.269 e. The molecule has 4 nitrogen and oxygen atoms in total. The average Bonchev–Trinajstić information content (AvgIpc) is 2.52. The van der Waals surface area contributed by atoms with Crippen molar-refractivity contribution < 1.29 is 4.79 Å². The minimum absolute atomic E-state index is 0.0511. The lowest BCUT2D eigenvalue weighted by atomic mass is 10.4. The molecule has 1 aromatic heterocycles. The number of rotatable bonds is 4. The van der Waals surface area contributed by atoms with Crippen LogP contribution in [0, 0.1) is 0 Å². The monoisotopic (exact) mass is 293 g/mol. The van der Waals surface area contributed by atoms with Crippen molar-refractivity contribution in [3.05, 3.63) is 18.2 Å². The molecule has 0 spiro atoms. The molecular formula is C8H12IN3O. The number of alkyl halides is 1. The Morgan fingerprint density at radius 2 is 2.54 bits per heavy atom. The number of nitrogens with zero attached hydrogens (tertiary/aromatic N) is 2. The first-order chi connectivity index (χ1) is 6.25. The van der Waals surface area contributed by atoms with Gasteiger partial charge in [-0.25, -0.2) is 4.98 Å². The van der Waals surface area contributed by atoms with Crippen LogP contribution < -0.4 is 5.32 Å². The number of halogens is 1. The Morgan fingerprint density at radius 3 is 3.08 bits per heavy atom. The highest BCUT2D eigenvalue weighted by Gasteiger charge is 2.07. The highest BCUT2D eigenvalue weighted by Crippen LogP contribution is 1.95. The van der Waals surface area contributed by atoms with Gasteiger partial charge in [0.25, 0.3) is 5.91 Å². The Morgan fingerprint density at radius 1 is 1.77 bits per heavy atom. The van der Waals surface area contributed by atoms with Crippen molar-refractivity contribution >= 4 is 28.5 Å². The summed E-state index contributed by atoms with van der Waals surface area (Å²) in [4.78, 5) is 15.3. The van der Waals surface area contributed by atoms with Crippen LogP contribution in [0.25, 0.3) is 0 Å². The number of amides is 1. The molecule has 0 atom stereocenters. The summed E-state index contributed by atoms with van der Waals surface area (Å²) < 4.78 is 2.77. The highest BCUT2D eigenvalue weighted by molar-refractivity contribution is 14.1. The Hall–Kier alpha value is -0.590. The fourth-order valence-corrected chi connectivity index (χ4v) is 1.32. The van der Waals surface area contributed by atoms with Crippen LogP contribution in [0.5, 0.6) is 0 Å². The van der Waals surface area contributed by atoms with Crippen molar-refractivity contribution in [1.82, 2.24) is 14.9 Å². The number of nitrogens with one attached hydrogen (secondary N) is 1. The molecule has 0 aliphatic rings. The second-order valence-corrected chi connectivity index (χ2v) is 3.77. The third-order valence-corrected chi connectivity index (χ3v) is 2.41. The second-order valence-electron chi connectivity index (χ2n) is 2.69. The van der Waals surface area contributed by atoms with Gasteiger partial charge in [0.2, 0.25) is 0 Å². The quantitative estimate of drug-likeness (QED) is 0.511. The van der Waals surface area contributed by atoms with Gasteiger partial charge in [0.1, 0.15) is 5.69 Å². The van der Waals surface area contributed by atoms with Gasteiger partial charge in [0.15, 0.2) is 0 Å². The van der Waals surface area contributed by atoms with Gasteiger partial charge >= 0.3 is 0 Å². The topological polar surface area (TPSA) is 46.9 Å². The van der Waals surface area contributed by atoms with Crippen molar-refractivity contribution in [2.75, 3.05) is 11.0 Å². The molecule has 1 rings (SSSR count). The summed E-state index contributed by atoms with van der Waals surface area (Å²) in [5.41, 5.74) is 0.605. The third kappa shape index (κ3) is 2.98. The summed E-state index contributed by atoms with van der Waals surface area (Å²) in [6.45, 7) is 0.729. The average molecular weight is 293 g/mol. The van der Waals surface area contributed by atoms with Crippen LogP contribution in [0.2, 0.25) is 0 Å². The molecule has 0 radical (unpaired) electrons. The molecule has 72 valence electrons. The first-order valence-corrected chi connectivity index (χ1v) is 5.58. The molecular weight excluding hydrogens is 281 g/mol. The van der Waals surface area contributed by atoms with E-state index >= 15 is 0 Å². The Balaban J connectivity index is 2.45. The van der Waals surface area contributed by atoms with Gasteiger partial charge in [0, 0.05) is 18.0 Å². The summed E-state index contributed by atoms with van der Waals surface area (Å²) in [5.74, 6) is -0.0511. The summed E-state index contributed by atoms with van der Waals surface area (Å²) in [5, 5.41) is 2.82. The van der Waals surface area contributed by atoms with Crippen molar-refractivity contribution in [3.63, 3.8) is 0 Å². The number of aromatic nitrogens is 2. The Bertz CT molecular complexity index is 285. The number of aryl methyl sites for hydroxylation is 1. The molecule has 0 saturated heterocycles. The Labute approximate surface area is 90.9 Å². The summed E-state index contributed by atoms with van der Waals surface area (Å²) in [6.07, 6.45) is 4.19. The zero-order valence-corrected chi connectivity index (χ0v) is 9.61. The molecule has 1 N–H and O–H groups in total. The molecule has 0 aliphatic carbocycles. The van der Waals surface area contributed by atoms with Crippen LogP contribution in [0.1, 0.15) is 16.9 Å². The largest absolute Gasteiger partial charge is 0.351 e. The van der Waals surface area contributed by atoms with Crippen LogP contribution in [-0.2, 0) is 7.05 Å². The van der Waals surface area contributed by atoms with Gasteiger partial charge in [-0.3, -0.25) is 4.79 Å². The second kappa shape index (κ2) is 5.21. The van der Waals surface area contributed by atoms with Gasteiger partial charge in [0.05, 0.1) is 12.5 Å². The minimum Gasteiger partial charge on any atom is -0.351 e. The maximum atomic E-state index is 11.4. The predicted molar refractivity (Wildman–Crippen MR) is 59.0 cm³/mol. The molecule has 0 unspecified atom stereocenters. The molecule has 0 bridgehead atoms. The number of hydrogen-bond acceptors (Lipinski definition) is 2. The number of hydrogen-bond donors (Lipinski definition) is 1. The zero-order valence-electron chi connectivity index (χ0n) is 7.46. The van der Waals surface area contributed by atoms with Crippen molar-refractivity contribution in [1.29, 1.82) is 0 Å². The predicted octanol–water partition coefficient (Wildman–Crippen LogP) is 0.975. The lowest BCUT2D eigenvalue weighted by molar-refractivity contribution is 0.0945. The van der Waals surface area contributed by atoms with E-state index in [0.717, 1.165) is 17.4 Å². The first kappa shape index (κ1) is 10.5. The third-order valence-electron chi connectivity index (χ3n) is 1.65. The van der Waals surface area contributed by atoms with E-state index < -0.39 is 0 Å². The summed E-state index contributed by atoms with van der Waals surface area (Å²) in [7, 11) is 1.81. The molecule has 13 heavy (non-hydrogen) atoms. The zero-order chi connectivity index (χ0) is 9.68. The van der Waals surface area contributed by atoms with Crippen LogP contribution in [-0.4, -0.2) is 26.4 Å². The minimum atomic E-state index is -0.0511. The standard InChI is InChI=1S/C8H12IN3O/c1-12-6-10-5-7(12)8(13)11-4-2-3-9/h5-6H,2-4H2,1H3,(H,11,13). The van der Waals surface area contributed by atoms with Crippen molar-refractivity contribution in [3.8, 4) is 0 Å². The van der Waals surface area contributed by atoms with Gasteiger partial charge in [-0.2, -0.15) is 0 Å². The molecule has 0 fully saturated rings.